The van der Waals surface area contributed by atoms with Crippen molar-refractivity contribution in [2.24, 2.45) is 0 Å². The summed E-state index contributed by atoms with van der Waals surface area (Å²) in [6.07, 6.45) is 0.969. The van der Waals surface area contributed by atoms with E-state index in [1.165, 1.54) is 6.07 Å². The molecule has 0 saturated heterocycles. The van der Waals surface area contributed by atoms with Crippen LogP contribution in [-0.2, 0) is 6.54 Å². The second-order valence-electron chi connectivity index (χ2n) is 2.93. The van der Waals surface area contributed by atoms with Crippen LogP contribution >= 0.6 is 15.9 Å². The van der Waals surface area contributed by atoms with Crippen LogP contribution in [0.2, 0.25) is 0 Å². The van der Waals surface area contributed by atoms with Crippen LogP contribution in [0.3, 0.4) is 0 Å². The number of hydrogen-bond acceptors (Lipinski definition) is 1. The van der Waals surface area contributed by atoms with Gasteiger partial charge in [0.2, 0.25) is 0 Å². The molecule has 78 valence electrons. The van der Waals surface area contributed by atoms with Gasteiger partial charge in [0.15, 0.2) is 11.6 Å². The van der Waals surface area contributed by atoms with Gasteiger partial charge in [-0.15, -0.1) is 0 Å². The summed E-state index contributed by atoms with van der Waals surface area (Å²) in [5.41, 5.74) is 0.375. The Morgan fingerprint density at radius 1 is 1.29 bits per heavy atom. The third kappa shape index (κ3) is 3.35. The zero-order valence-electron chi connectivity index (χ0n) is 7.69. The van der Waals surface area contributed by atoms with E-state index in [2.05, 4.69) is 21.2 Å². The zero-order valence-corrected chi connectivity index (χ0v) is 9.28. The standard InChI is InChI=1S/C10H12BrF2N/c11-5-2-6-14-7-8-3-1-4-9(12)10(8)13/h1,3-4,14H,2,5-7H2. The molecule has 0 spiro atoms. The van der Waals surface area contributed by atoms with Crippen LogP contribution in [-0.4, -0.2) is 11.9 Å². The SMILES string of the molecule is Fc1cccc(CNCCCBr)c1F. The van der Waals surface area contributed by atoms with Gasteiger partial charge < -0.3 is 5.32 Å². The van der Waals surface area contributed by atoms with Crippen molar-refractivity contribution in [2.45, 2.75) is 13.0 Å². The molecule has 1 aromatic rings. The molecule has 0 amide bonds. The highest BCUT2D eigenvalue weighted by molar-refractivity contribution is 9.09. The van der Waals surface area contributed by atoms with E-state index in [1.54, 1.807) is 6.07 Å². The molecule has 0 unspecified atom stereocenters. The first-order chi connectivity index (χ1) is 6.75. The van der Waals surface area contributed by atoms with Crippen molar-refractivity contribution in [3.63, 3.8) is 0 Å². The molecule has 0 aliphatic heterocycles. The normalized spacial score (nSPS) is 10.5. The van der Waals surface area contributed by atoms with Crippen molar-refractivity contribution in [1.82, 2.24) is 5.32 Å². The van der Waals surface area contributed by atoms with Crippen molar-refractivity contribution < 1.29 is 8.78 Å². The van der Waals surface area contributed by atoms with Crippen LogP contribution < -0.4 is 5.32 Å². The summed E-state index contributed by atoms with van der Waals surface area (Å²) in [4.78, 5) is 0. The molecule has 0 heterocycles. The van der Waals surface area contributed by atoms with Crippen LogP contribution in [0.4, 0.5) is 8.78 Å². The Bertz CT molecular complexity index is 291. The van der Waals surface area contributed by atoms with Gasteiger partial charge in [0.25, 0.3) is 0 Å². The van der Waals surface area contributed by atoms with Crippen LogP contribution in [0.1, 0.15) is 12.0 Å². The molecule has 0 bridgehead atoms. The first kappa shape index (κ1) is 11.6. The lowest BCUT2D eigenvalue weighted by Gasteiger charge is -2.05. The first-order valence-electron chi connectivity index (χ1n) is 4.45. The number of halogens is 3. The molecule has 0 aliphatic carbocycles. The lowest BCUT2D eigenvalue weighted by atomic mass is 10.2. The average molecular weight is 264 g/mol. The molecule has 0 aliphatic rings. The summed E-state index contributed by atoms with van der Waals surface area (Å²) in [5, 5.41) is 3.94. The molecule has 0 radical (unpaired) electrons. The Morgan fingerprint density at radius 3 is 2.79 bits per heavy atom. The number of hydrogen-bond donors (Lipinski definition) is 1. The molecule has 0 fully saturated rings. The quantitative estimate of drug-likeness (QED) is 0.637. The molecule has 0 saturated carbocycles. The lowest BCUT2D eigenvalue weighted by molar-refractivity contribution is 0.493. The van der Waals surface area contributed by atoms with E-state index in [1.807, 2.05) is 0 Å². The average Bonchev–Trinajstić information content (AvgIpc) is 2.19. The maximum absolute atomic E-state index is 13.1. The Hall–Kier alpha value is -0.480. The van der Waals surface area contributed by atoms with Gasteiger partial charge in [-0.2, -0.15) is 0 Å². The molecule has 1 nitrogen and oxygen atoms in total. The van der Waals surface area contributed by atoms with Gasteiger partial charge in [-0.25, -0.2) is 8.78 Å². The van der Waals surface area contributed by atoms with Crippen molar-refractivity contribution in [1.29, 1.82) is 0 Å². The number of benzene rings is 1. The third-order valence-electron chi connectivity index (χ3n) is 1.83. The smallest absolute Gasteiger partial charge is 0.163 e. The van der Waals surface area contributed by atoms with E-state index in [-0.39, 0.29) is 0 Å². The Labute approximate surface area is 90.6 Å². The zero-order chi connectivity index (χ0) is 10.4. The van der Waals surface area contributed by atoms with Gasteiger partial charge in [0.1, 0.15) is 0 Å². The van der Waals surface area contributed by atoms with E-state index < -0.39 is 11.6 Å². The highest BCUT2D eigenvalue weighted by Crippen LogP contribution is 2.10. The van der Waals surface area contributed by atoms with Crippen molar-refractivity contribution >= 4 is 15.9 Å². The van der Waals surface area contributed by atoms with E-state index >= 15 is 0 Å². The Kier molecular flexibility index (Phi) is 5.04. The summed E-state index contributed by atoms with van der Waals surface area (Å²) in [7, 11) is 0. The molecule has 0 aromatic heterocycles. The third-order valence-corrected chi connectivity index (χ3v) is 2.39. The van der Waals surface area contributed by atoms with Crippen LogP contribution in [0.5, 0.6) is 0 Å². The van der Waals surface area contributed by atoms with Gasteiger partial charge >= 0.3 is 0 Å². The highest BCUT2D eigenvalue weighted by atomic mass is 79.9. The van der Waals surface area contributed by atoms with Crippen LogP contribution in [0, 0.1) is 11.6 Å². The molecule has 1 aromatic carbocycles. The number of rotatable bonds is 5. The minimum absolute atomic E-state index is 0.372. The Morgan fingerprint density at radius 2 is 2.07 bits per heavy atom. The summed E-state index contributed by atoms with van der Waals surface area (Å²) in [6, 6.07) is 4.22. The van der Waals surface area contributed by atoms with E-state index in [9.17, 15) is 8.78 Å². The van der Waals surface area contributed by atoms with Gasteiger partial charge in [0, 0.05) is 17.4 Å². The summed E-state index contributed by atoms with van der Waals surface area (Å²) in [5.74, 6) is -1.54. The van der Waals surface area contributed by atoms with Crippen molar-refractivity contribution in [2.75, 3.05) is 11.9 Å². The van der Waals surface area contributed by atoms with Gasteiger partial charge in [-0.05, 0) is 19.0 Å². The van der Waals surface area contributed by atoms with Crippen molar-refractivity contribution in [3.05, 3.63) is 35.4 Å². The molecule has 1 N–H and O–H groups in total. The van der Waals surface area contributed by atoms with Crippen LogP contribution in [0.15, 0.2) is 18.2 Å². The lowest BCUT2D eigenvalue weighted by Crippen LogP contribution is -2.16. The fourth-order valence-electron chi connectivity index (χ4n) is 1.10. The van der Waals surface area contributed by atoms with E-state index in [0.717, 1.165) is 24.4 Å². The van der Waals surface area contributed by atoms with Gasteiger partial charge in [-0.3, -0.25) is 0 Å². The maximum Gasteiger partial charge on any atom is 0.163 e. The second kappa shape index (κ2) is 6.09. The van der Waals surface area contributed by atoms with Gasteiger partial charge in [-0.1, -0.05) is 28.1 Å². The molecular formula is C10H12BrF2N. The summed E-state index contributed by atoms with van der Waals surface area (Å²) >= 11 is 3.29. The number of alkyl halides is 1. The maximum atomic E-state index is 13.1. The molecule has 14 heavy (non-hydrogen) atoms. The predicted molar refractivity (Wildman–Crippen MR) is 56.5 cm³/mol. The second-order valence-corrected chi connectivity index (χ2v) is 3.73. The predicted octanol–water partition coefficient (Wildman–Crippen LogP) is 2.84. The highest BCUT2D eigenvalue weighted by Gasteiger charge is 2.05. The monoisotopic (exact) mass is 263 g/mol. The fraction of sp³-hybridized carbons (Fsp3) is 0.400. The Balaban J connectivity index is 2.46. The van der Waals surface area contributed by atoms with Crippen molar-refractivity contribution in [3.8, 4) is 0 Å². The summed E-state index contributed by atoms with van der Waals surface area (Å²) in [6.45, 7) is 1.16. The van der Waals surface area contributed by atoms with Crippen LogP contribution in [0.25, 0.3) is 0 Å². The first-order valence-corrected chi connectivity index (χ1v) is 5.57. The van der Waals surface area contributed by atoms with E-state index in [0.29, 0.717) is 12.1 Å². The molecule has 4 heteroatoms. The molecular weight excluding hydrogens is 252 g/mol. The minimum Gasteiger partial charge on any atom is -0.313 e. The molecule has 1 rings (SSSR count). The summed E-state index contributed by atoms with van der Waals surface area (Å²) < 4.78 is 25.8. The fourth-order valence-corrected chi connectivity index (χ4v) is 1.38. The van der Waals surface area contributed by atoms with Gasteiger partial charge in [0.05, 0.1) is 0 Å². The number of nitrogens with one attached hydrogen (secondary N) is 1. The topological polar surface area (TPSA) is 12.0 Å². The van der Waals surface area contributed by atoms with E-state index in [4.69, 9.17) is 0 Å². The minimum atomic E-state index is -0.787. The molecule has 0 atom stereocenters. The largest absolute Gasteiger partial charge is 0.313 e.